The maximum atomic E-state index is 12.7. The largest absolute Gasteiger partial charge is 0.433 e. The molecule has 0 unspecified atom stereocenters. The van der Waals surface area contributed by atoms with Gasteiger partial charge in [-0.1, -0.05) is 31.5 Å². The number of hydrogen-bond donors (Lipinski definition) is 2. The molecule has 0 saturated heterocycles. The zero-order chi connectivity index (χ0) is 14.8. The maximum Gasteiger partial charge on any atom is 0.433 e. The summed E-state index contributed by atoms with van der Waals surface area (Å²) >= 11 is 4.87. The SMILES string of the molecule is NC(=S)c1ccc(C(F)(F)F)nc1NC1CCCCC1. The van der Waals surface area contributed by atoms with Crippen molar-refractivity contribution in [3.8, 4) is 0 Å². The molecule has 3 N–H and O–H groups in total. The van der Waals surface area contributed by atoms with Crippen molar-refractivity contribution < 1.29 is 13.2 Å². The first-order valence-electron chi connectivity index (χ1n) is 6.52. The van der Waals surface area contributed by atoms with E-state index in [0.29, 0.717) is 5.56 Å². The van der Waals surface area contributed by atoms with Crippen LogP contribution in [0.3, 0.4) is 0 Å². The minimum Gasteiger partial charge on any atom is -0.389 e. The third kappa shape index (κ3) is 3.59. The fraction of sp³-hybridized carbons (Fsp3) is 0.538. The number of nitrogens with one attached hydrogen (secondary N) is 1. The van der Waals surface area contributed by atoms with Crippen LogP contribution in [0.25, 0.3) is 0 Å². The highest BCUT2D eigenvalue weighted by Gasteiger charge is 2.33. The summed E-state index contributed by atoms with van der Waals surface area (Å²) in [6.07, 6.45) is 0.676. The quantitative estimate of drug-likeness (QED) is 0.839. The van der Waals surface area contributed by atoms with Gasteiger partial charge in [0.25, 0.3) is 0 Å². The molecule has 1 heterocycles. The number of halogens is 3. The minimum atomic E-state index is -4.47. The van der Waals surface area contributed by atoms with Crippen molar-refractivity contribution in [2.75, 3.05) is 5.32 Å². The lowest BCUT2D eigenvalue weighted by Crippen LogP contribution is -2.26. The normalized spacial score (nSPS) is 16.9. The second-order valence-corrected chi connectivity index (χ2v) is 5.37. The number of pyridine rings is 1. The number of thiocarbonyl (C=S) groups is 1. The van der Waals surface area contributed by atoms with Gasteiger partial charge in [0.05, 0.1) is 5.56 Å². The molecule has 3 nitrogen and oxygen atoms in total. The van der Waals surface area contributed by atoms with Crippen molar-refractivity contribution in [3.05, 3.63) is 23.4 Å². The monoisotopic (exact) mass is 303 g/mol. The van der Waals surface area contributed by atoms with Crippen LogP contribution in [0.15, 0.2) is 12.1 Å². The van der Waals surface area contributed by atoms with Crippen LogP contribution in [0, 0.1) is 0 Å². The van der Waals surface area contributed by atoms with Gasteiger partial charge in [0.1, 0.15) is 16.5 Å². The molecule has 1 aromatic rings. The molecule has 2 rings (SSSR count). The first-order valence-corrected chi connectivity index (χ1v) is 6.93. The Labute approximate surface area is 120 Å². The van der Waals surface area contributed by atoms with Gasteiger partial charge in [-0.3, -0.25) is 0 Å². The van der Waals surface area contributed by atoms with E-state index in [1.165, 1.54) is 6.07 Å². The molecule has 20 heavy (non-hydrogen) atoms. The van der Waals surface area contributed by atoms with Crippen LogP contribution in [0.2, 0.25) is 0 Å². The number of aromatic nitrogens is 1. The Morgan fingerprint density at radius 1 is 1.25 bits per heavy atom. The molecule has 0 spiro atoms. The van der Waals surface area contributed by atoms with Crippen LogP contribution in [0.4, 0.5) is 19.0 Å². The van der Waals surface area contributed by atoms with Gasteiger partial charge in [0.15, 0.2) is 0 Å². The Bertz CT molecular complexity index is 496. The number of nitrogens with zero attached hydrogens (tertiary/aromatic N) is 1. The summed E-state index contributed by atoms with van der Waals surface area (Å²) in [5.74, 6) is 0.138. The molecule has 1 fully saturated rings. The summed E-state index contributed by atoms with van der Waals surface area (Å²) < 4.78 is 38.2. The number of hydrogen-bond acceptors (Lipinski definition) is 3. The predicted octanol–water partition coefficient (Wildman–Crippen LogP) is 3.48. The number of anilines is 1. The Hall–Kier alpha value is -1.37. The average Bonchev–Trinajstić information content (AvgIpc) is 2.38. The maximum absolute atomic E-state index is 12.7. The molecule has 0 amide bonds. The highest BCUT2D eigenvalue weighted by molar-refractivity contribution is 7.80. The van der Waals surface area contributed by atoms with Crippen molar-refractivity contribution in [1.29, 1.82) is 0 Å². The summed E-state index contributed by atoms with van der Waals surface area (Å²) in [5, 5.41) is 3.06. The van der Waals surface area contributed by atoms with E-state index >= 15 is 0 Å². The van der Waals surface area contributed by atoms with E-state index in [9.17, 15) is 13.2 Å². The first-order chi connectivity index (χ1) is 9.38. The first kappa shape index (κ1) is 15.0. The number of alkyl halides is 3. The summed E-state index contributed by atoms with van der Waals surface area (Å²) in [7, 11) is 0. The van der Waals surface area contributed by atoms with Crippen molar-refractivity contribution in [1.82, 2.24) is 4.98 Å². The van der Waals surface area contributed by atoms with Gasteiger partial charge in [0.2, 0.25) is 0 Å². The Kier molecular flexibility index (Phi) is 4.47. The minimum absolute atomic E-state index is 0.0459. The van der Waals surface area contributed by atoms with Gasteiger partial charge in [-0.05, 0) is 25.0 Å². The van der Waals surface area contributed by atoms with Crippen molar-refractivity contribution in [2.24, 2.45) is 5.73 Å². The van der Waals surface area contributed by atoms with Crippen molar-refractivity contribution in [2.45, 2.75) is 44.3 Å². The van der Waals surface area contributed by atoms with Gasteiger partial charge in [-0.15, -0.1) is 0 Å². The number of nitrogens with two attached hydrogens (primary N) is 1. The van der Waals surface area contributed by atoms with E-state index in [0.717, 1.165) is 38.2 Å². The van der Waals surface area contributed by atoms with Gasteiger partial charge in [0, 0.05) is 6.04 Å². The summed E-state index contributed by atoms with van der Waals surface area (Å²) in [6, 6.07) is 2.32. The standard InChI is InChI=1S/C13H16F3N3S/c14-13(15,16)10-7-6-9(11(17)20)12(19-10)18-8-4-2-1-3-5-8/h6-8H,1-5H2,(H2,17,20)(H,18,19). The molecule has 0 bridgehead atoms. The van der Waals surface area contributed by atoms with E-state index in [4.69, 9.17) is 18.0 Å². The molecular weight excluding hydrogens is 287 g/mol. The highest BCUT2D eigenvalue weighted by atomic mass is 32.1. The van der Waals surface area contributed by atoms with E-state index in [2.05, 4.69) is 10.3 Å². The van der Waals surface area contributed by atoms with Gasteiger partial charge < -0.3 is 11.1 Å². The topological polar surface area (TPSA) is 50.9 Å². The van der Waals surface area contributed by atoms with Crippen LogP contribution in [-0.4, -0.2) is 16.0 Å². The van der Waals surface area contributed by atoms with Crippen LogP contribution in [0.5, 0.6) is 0 Å². The fourth-order valence-corrected chi connectivity index (χ4v) is 2.53. The third-order valence-electron chi connectivity index (χ3n) is 3.40. The molecule has 110 valence electrons. The summed E-state index contributed by atoms with van der Waals surface area (Å²) in [5.41, 5.74) is 4.97. The van der Waals surface area contributed by atoms with E-state index < -0.39 is 11.9 Å². The van der Waals surface area contributed by atoms with Crippen molar-refractivity contribution >= 4 is 23.0 Å². The predicted molar refractivity (Wildman–Crippen MR) is 75.6 cm³/mol. The summed E-state index contributed by atoms with van der Waals surface area (Å²) in [4.78, 5) is 3.70. The molecule has 1 aromatic heterocycles. The Morgan fingerprint density at radius 3 is 2.45 bits per heavy atom. The molecule has 7 heteroatoms. The molecule has 0 atom stereocenters. The summed E-state index contributed by atoms with van der Waals surface area (Å²) in [6.45, 7) is 0. The molecule has 0 aromatic carbocycles. The number of rotatable bonds is 3. The van der Waals surface area contributed by atoms with E-state index in [-0.39, 0.29) is 16.8 Å². The molecule has 1 aliphatic rings. The third-order valence-corrected chi connectivity index (χ3v) is 3.62. The smallest absolute Gasteiger partial charge is 0.389 e. The van der Waals surface area contributed by atoms with Crippen LogP contribution >= 0.6 is 12.2 Å². The van der Waals surface area contributed by atoms with E-state index in [1.54, 1.807) is 0 Å². The highest BCUT2D eigenvalue weighted by Crippen LogP contribution is 2.30. The van der Waals surface area contributed by atoms with Gasteiger partial charge in [-0.2, -0.15) is 13.2 Å². The zero-order valence-electron chi connectivity index (χ0n) is 10.8. The second kappa shape index (κ2) is 5.95. The second-order valence-electron chi connectivity index (χ2n) is 4.93. The molecule has 1 aliphatic carbocycles. The van der Waals surface area contributed by atoms with Gasteiger partial charge >= 0.3 is 6.18 Å². The lowest BCUT2D eigenvalue weighted by molar-refractivity contribution is -0.141. The van der Waals surface area contributed by atoms with Crippen LogP contribution < -0.4 is 11.1 Å². The van der Waals surface area contributed by atoms with Crippen LogP contribution in [-0.2, 0) is 6.18 Å². The van der Waals surface area contributed by atoms with E-state index in [1.807, 2.05) is 0 Å². The fourth-order valence-electron chi connectivity index (χ4n) is 2.37. The Morgan fingerprint density at radius 2 is 1.90 bits per heavy atom. The molecule has 0 aliphatic heterocycles. The molecule has 1 saturated carbocycles. The van der Waals surface area contributed by atoms with Crippen molar-refractivity contribution in [3.63, 3.8) is 0 Å². The average molecular weight is 303 g/mol. The zero-order valence-corrected chi connectivity index (χ0v) is 11.7. The van der Waals surface area contributed by atoms with Gasteiger partial charge in [-0.25, -0.2) is 4.98 Å². The molecular formula is C13H16F3N3S. The lowest BCUT2D eigenvalue weighted by atomic mass is 9.95. The molecule has 0 radical (unpaired) electrons. The van der Waals surface area contributed by atoms with Crippen LogP contribution in [0.1, 0.15) is 43.4 Å². The lowest BCUT2D eigenvalue weighted by Gasteiger charge is -2.24. The Balaban J connectivity index is 2.29.